The summed E-state index contributed by atoms with van der Waals surface area (Å²) in [6.45, 7) is 6.79. The summed E-state index contributed by atoms with van der Waals surface area (Å²) in [5.74, 6) is 4.22. The molecule has 0 radical (unpaired) electrons. The minimum absolute atomic E-state index is 0.0832. The maximum Gasteiger partial charge on any atom is 0.129 e. The molecule has 31 heavy (non-hydrogen) atoms. The van der Waals surface area contributed by atoms with E-state index in [0.29, 0.717) is 0 Å². The molecule has 1 unspecified atom stereocenters. The summed E-state index contributed by atoms with van der Waals surface area (Å²) in [5.41, 5.74) is 8.92. The molecule has 3 aromatic carbocycles. The van der Waals surface area contributed by atoms with Gasteiger partial charge in [0.15, 0.2) is 0 Å². The van der Waals surface area contributed by atoms with Gasteiger partial charge in [-0.15, -0.1) is 5.54 Å². The quantitative estimate of drug-likeness (QED) is 0.364. The van der Waals surface area contributed by atoms with Crippen LogP contribution in [-0.4, -0.2) is 20.9 Å². The highest BCUT2D eigenvalue weighted by molar-refractivity contribution is 6.83. The first-order chi connectivity index (χ1) is 14.9. The third-order valence-corrected chi connectivity index (χ3v) is 6.10. The summed E-state index contributed by atoms with van der Waals surface area (Å²) in [5, 5.41) is 7.16. The molecule has 0 N–H and O–H groups in total. The Morgan fingerprint density at radius 2 is 1.58 bits per heavy atom. The van der Waals surface area contributed by atoms with Gasteiger partial charge in [0, 0.05) is 17.5 Å². The number of benzene rings is 3. The van der Waals surface area contributed by atoms with Crippen molar-refractivity contribution in [2.45, 2.75) is 32.1 Å². The van der Waals surface area contributed by atoms with Crippen molar-refractivity contribution in [1.82, 2.24) is 0 Å². The van der Waals surface area contributed by atoms with Crippen LogP contribution >= 0.6 is 0 Å². The van der Waals surface area contributed by atoms with E-state index in [4.69, 9.17) is 9.84 Å². The second-order valence-corrected chi connectivity index (χ2v) is 13.5. The van der Waals surface area contributed by atoms with Crippen LogP contribution in [0.5, 0.6) is 5.75 Å². The monoisotopic (exact) mass is 424 g/mol. The van der Waals surface area contributed by atoms with Gasteiger partial charge in [0.2, 0.25) is 0 Å². The molecule has 3 nitrogen and oxygen atoms in total. The number of hydrazone groups is 1. The van der Waals surface area contributed by atoms with Crippen LogP contribution in [0, 0.1) is 11.5 Å². The fourth-order valence-corrected chi connectivity index (χ4v) is 4.21. The highest BCUT2D eigenvalue weighted by Gasteiger charge is 2.31. The molecule has 0 fully saturated rings. The molecule has 0 saturated heterocycles. The van der Waals surface area contributed by atoms with E-state index in [1.807, 2.05) is 30.3 Å². The van der Waals surface area contributed by atoms with E-state index in [1.165, 1.54) is 0 Å². The summed E-state index contributed by atoms with van der Waals surface area (Å²) in [4.78, 5) is 0. The molecule has 0 aliphatic carbocycles. The zero-order valence-corrected chi connectivity index (χ0v) is 19.6. The maximum absolute atomic E-state index is 5.66. The first kappa shape index (κ1) is 21.0. The molecule has 1 heterocycles. The molecule has 0 bridgehead atoms. The lowest BCUT2D eigenvalue weighted by Gasteiger charge is -2.25. The Bertz CT molecular complexity index is 1140. The Hall–Kier alpha value is -3.29. The molecular formula is C27H28N2OSi. The first-order valence-corrected chi connectivity index (χ1v) is 14.1. The van der Waals surface area contributed by atoms with Gasteiger partial charge in [-0.2, -0.15) is 5.10 Å². The predicted molar refractivity (Wildman–Crippen MR) is 132 cm³/mol. The number of methoxy groups -OCH3 is 1. The van der Waals surface area contributed by atoms with Gasteiger partial charge in [0.25, 0.3) is 0 Å². The van der Waals surface area contributed by atoms with E-state index in [2.05, 4.69) is 84.6 Å². The van der Waals surface area contributed by atoms with E-state index in [9.17, 15) is 0 Å². The lowest BCUT2D eigenvalue weighted by molar-refractivity contribution is 0.405. The van der Waals surface area contributed by atoms with E-state index in [-0.39, 0.29) is 6.04 Å². The summed E-state index contributed by atoms with van der Waals surface area (Å²) in [6, 6.07) is 27.1. The maximum atomic E-state index is 5.66. The summed E-state index contributed by atoms with van der Waals surface area (Å²) < 4.78 is 5.66. The van der Waals surface area contributed by atoms with Crippen molar-refractivity contribution in [2.75, 3.05) is 12.1 Å². The average Bonchev–Trinajstić information content (AvgIpc) is 3.23. The van der Waals surface area contributed by atoms with Crippen molar-refractivity contribution in [3.05, 3.63) is 95.6 Å². The van der Waals surface area contributed by atoms with Crippen LogP contribution in [0.1, 0.15) is 29.2 Å². The van der Waals surface area contributed by atoms with Crippen molar-refractivity contribution in [1.29, 1.82) is 0 Å². The number of para-hydroxylation sites is 2. The Balaban J connectivity index is 1.68. The number of nitrogens with zero attached hydrogens (tertiary/aromatic N) is 2. The van der Waals surface area contributed by atoms with E-state index in [1.54, 1.807) is 7.11 Å². The summed E-state index contributed by atoms with van der Waals surface area (Å²) in [6.07, 6.45) is 0.815. The number of hydrogen-bond donors (Lipinski definition) is 0. The van der Waals surface area contributed by atoms with Crippen molar-refractivity contribution < 1.29 is 4.74 Å². The average molecular weight is 425 g/mol. The molecule has 0 saturated carbocycles. The van der Waals surface area contributed by atoms with Crippen LogP contribution < -0.4 is 9.75 Å². The van der Waals surface area contributed by atoms with E-state index < -0.39 is 8.07 Å². The number of rotatable bonds is 4. The van der Waals surface area contributed by atoms with E-state index in [0.717, 1.165) is 40.3 Å². The largest absolute Gasteiger partial charge is 0.496 e. The van der Waals surface area contributed by atoms with Gasteiger partial charge < -0.3 is 4.74 Å². The van der Waals surface area contributed by atoms with Gasteiger partial charge in [-0.05, 0) is 35.9 Å². The molecule has 3 aromatic rings. The minimum atomic E-state index is -1.38. The van der Waals surface area contributed by atoms with Crippen LogP contribution in [0.4, 0.5) is 5.69 Å². The number of hydrogen-bond acceptors (Lipinski definition) is 3. The standard InChI is InChI=1S/C27H28N2OSi/c1-30-27-13-9-8-12-24(27)26-20-25(28-29(26)23-10-6-5-7-11-23)22-16-14-21(15-17-22)18-19-31(2,3)4/h5-17,26H,20H2,1-4H3. The van der Waals surface area contributed by atoms with Crippen molar-refractivity contribution in [3.8, 4) is 17.2 Å². The van der Waals surface area contributed by atoms with Crippen molar-refractivity contribution in [2.24, 2.45) is 5.10 Å². The first-order valence-electron chi connectivity index (χ1n) is 10.6. The predicted octanol–water partition coefficient (Wildman–Crippen LogP) is 6.28. The van der Waals surface area contributed by atoms with Crippen molar-refractivity contribution >= 4 is 19.5 Å². The van der Waals surface area contributed by atoms with Gasteiger partial charge >= 0.3 is 0 Å². The minimum Gasteiger partial charge on any atom is -0.496 e. The highest BCUT2D eigenvalue weighted by atomic mass is 28.3. The SMILES string of the molecule is COc1ccccc1C1CC(c2ccc(C#C[Si](C)(C)C)cc2)=NN1c1ccccc1. The number of ether oxygens (including phenoxy) is 1. The molecule has 1 atom stereocenters. The van der Waals surface area contributed by atoms with Gasteiger partial charge in [0.05, 0.1) is 24.6 Å². The molecule has 0 aromatic heterocycles. The smallest absolute Gasteiger partial charge is 0.129 e. The third-order valence-electron chi connectivity index (χ3n) is 5.23. The third kappa shape index (κ3) is 4.90. The van der Waals surface area contributed by atoms with Crippen LogP contribution in [0.25, 0.3) is 0 Å². The van der Waals surface area contributed by atoms with Crippen LogP contribution in [0.2, 0.25) is 19.6 Å². The van der Waals surface area contributed by atoms with Gasteiger partial charge in [0.1, 0.15) is 13.8 Å². The van der Waals surface area contributed by atoms with Crippen LogP contribution in [-0.2, 0) is 0 Å². The lowest BCUT2D eigenvalue weighted by atomic mass is 9.97. The summed E-state index contributed by atoms with van der Waals surface area (Å²) >= 11 is 0. The second kappa shape index (κ2) is 8.83. The molecule has 0 spiro atoms. The summed E-state index contributed by atoms with van der Waals surface area (Å²) in [7, 11) is 0.340. The normalized spacial score (nSPS) is 15.8. The Morgan fingerprint density at radius 1 is 0.903 bits per heavy atom. The zero-order valence-electron chi connectivity index (χ0n) is 18.6. The topological polar surface area (TPSA) is 24.8 Å². The molecule has 4 rings (SSSR count). The van der Waals surface area contributed by atoms with Gasteiger partial charge in [-0.25, -0.2) is 0 Å². The van der Waals surface area contributed by atoms with Crippen LogP contribution in [0.3, 0.4) is 0 Å². The van der Waals surface area contributed by atoms with Crippen molar-refractivity contribution in [3.63, 3.8) is 0 Å². The van der Waals surface area contributed by atoms with Gasteiger partial charge in [-0.1, -0.05) is 74.1 Å². The lowest BCUT2D eigenvalue weighted by Crippen LogP contribution is -2.19. The van der Waals surface area contributed by atoms with Gasteiger partial charge in [-0.3, -0.25) is 5.01 Å². The second-order valence-electron chi connectivity index (χ2n) is 8.77. The van der Waals surface area contributed by atoms with E-state index >= 15 is 0 Å². The molecule has 4 heteroatoms. The Labute approximate surface area is 186 Å². The fraction of sp³-hybridized carbons (Fsp3) is 0.222. The number of anilines is 1. The fourth-order valence-electron chi connectivity index (χ4n) is 3.69. The highest BCUT2D eigenvalue weighted by Crippen LogP contribution is 2.40. The Morgan fingerprint density at radius 3 is 2.26 bits per heavy atom. The zero-order chi connectivity index (χ0) is 21.8. The Kier molecular flexibility index (Phi) is 5.97. The molecule has 156 valence electrons. The molecule has 0 amide bonds. The van der Waals surface area contributed by atoms with Crippen LogP contribution in [0.15, 0.2) is 84.0 Å². The molecule has 1 aliphatic rings. The molecule has 1 aliphatic heterocycles. The molecular weight excluding hydrogens is 396 g/mol.